The molecule has 0 saturated carbocycles. The molecule has 5 heteroatoms. The smallest absolute Gasteiger partial charge is 0.336 e. The fourth-order valence-corrected chi connectivity index (χ4v) is 1.59. The molecule has 1 aromatic carbocycles. The summed E-state index contributed by atoms with van der Waals surface area (Å²) >= 11 is 0. The Labute approximate surface area is 106 Å². The second-order valence-corrected chi connectivity index (χ2v) is 4.19. The number of hydrogen-bond donors (Lipinski definition) is 2. The van der Waals surface area contributed by atoms with Gasteiger partial charge >= 0.3 is 12.0 Å². The van der Waals surface area contributed by atoms with Gasteiger partial charge in [-0.15, -0.1) is 0 Å². The summed E-state index contributed by atoms with van der Waals surface area (Å²) in [6.45, 7) is 4.36. The Morgan fingerprint density at radius 2 is 2.06 bits per heavy atom. The van der Waals surface area contributed by atoms with Crippen LogP contribution in [-0.4, -0.2) is 35.6 Å². The molecule has 0 spiro atoms. The van der Waals surface area contributed by atoms with Crippen molar-refractivity contribution >= 4 is 17.7 Å². The molecule has 0 aliphatic heterocycles. The van der Waals surface area contributed by atoms with Crippen LogP contribution < -0.4 is 5.32 Å². The SMILES string of the molecule is CCCN(C)C(=O)Nc1ccc(C)c(C(=O)O)c1. The molecule has 98 valence electrons. The monoisotopic (exact) mass is 250 g/mol. The number of carboxylic acids is 1. The van der Waals surface area contributed by atoms with Gasteiger partial charge in [0.15, 0.2) is 0 Å². The number of aromatic carboxylic acids is 1. The van der Waals surface area contributed by atoms with Gasteiger partial charge in [-0.1, -0.05) is 13.0 Å². The highest BCUT2D eigenvalue weighted by molar-refractivity contribution is 5.94. The summed E-state index contributed by atoms with van der Waals surface area (Å²) in [5.74, 6) is -0.995. The molecule has 0 atom stereocenters. The van der Waals surface area contributed by atoms with E-state index in [0.29, 0.717) is 17.8 Å². The fourth-order valence-electron chi connectivity index (χ4n) is 1.59. The first-order valence-corrected chi connectivity index (χ1v) is 5.81. The number of carbonyl (C=O) groups is 2. The fraction of sp³-hybridized carbons (Fsp3) is 0.385. The maximum absolute atomic E-state index is 11.7. The number of carbonyl (C=O) groups excluding carboxylic acids is 1. The lowest BCUT2D eigenvalue weighted by Crippen LogP contribution is -2.31. The first-order chi connectivity index (χ1) is 8.45. The minimum atomic E-state index is -0.995. The van der Waals surface area contributed by atoms with Crippen molar-refractivity contribution in [2.75, 3.05) is 18.9 Å². The quantitative estimate of drug-likeness (QED) is 0.862. The second-order valence-electron chi connectivity index (χ2n) is 4.19. The average Bonchev–Trinajstić information content (AvgIpc) is 2.31. The van der Waals surface area contributed by atoms with E-state index in [9.17, 15) is 9.59 Å². The minimum Gasteiger partial charge on any atom is -0.478 e. The largest absolute Gasteiger partial charge is 0.478 e. The summed E-state index contributed by atoms with van der Waals surface area (Å²) in [7, 11) is 1.70. The zero-order valence-corrected chi connectivity index (χ0v) is 10.9. The van der Waals surface area contributed by atoms with E-state index >= 15 is 0 Å². The van der Waals surface area contributed by atoms with Crippen LogP contribution in [0.2, 0.25) is 0 Å². The lowest BCUT2D eigenvalue weighted by molar-refractivity contribution is 0.0696. The molecule has 18 heavy (non-hydrogen) atoms. The first kappa shape index (κ1) is 14.0. The summed E-state index contributed by atoms with van der Waals surface area (Å²) in [5, 5.41) is 11.7. The summed E-state index contributed by atoms with van der Waals surface area (Å²) in [6.07, 6.45) is 0.873. The van der Waals surface area contributed by atoms with Crippen LogP contribution >= 0.6 is 0 Å². The van der Waals surface area contributed by atoms with E-state index in [2.05, 4.69) is 5.32 Å². The van der Waals surface area contributed by atoms with E-state index in [1.807, 2.05) is 6.92 Å². The Balaban J connectivity index is 2.82. The Morgan fingerprint density at radius 3 is 2.61 bits per heavy atom. The molecular formula is C13H18N2O3. The van der Waals surface area contributed by atoms with Gasteiger partial charge in [0.25, 0.3) is 0 Å². The van der Waals surface area contributed by atoms with Crippen molar-refractivity contribution in [1.29, 1.82) is 0 Å². The molecule has 0 radical (unpaired) electrons. The summed E-state index contributed by atoms with van der Waals surface area (Å²) in [5.41, 5.74) is 1.36. The Morgan fingerprint density at radius 1 is 1.39 bits per heavy atom. The Bertz CT molecular complexity index is 458. The Hall–Kier alpha value is -2.04. The average molecular weight is 250 g/mol. The predicted molar refractivity (Wildman–Crippen MR) is 70.1 cm³/mol. The molecule has 0 heterocycles. The van der Waals surface area contributed by atoms with Crippen LogP contribution in [0.4, 0.5) is 10.5 Å². The maximum Gasteiger partial charge on any atom is 0.336 e. The van der Waals surface area contributed by atoms with E-state index in [1.54, 1.807) is 31.0 Å². The van der Waals surface area contributed by atoms with E-state index in [1.165, 1.54) is 6.07 Å². The lowest BCUT2D eigenvalue weighted by Gasteiger charge is -2.17. The summed E-state index contributed by atoms with van der Waals surface area (Å²) in [4.78, 5) is 24.3. The van der Waals surface area contributed by atoms with Crippen molar-refractivity contribution in [3.05, 3.63) is 29.3 Å². The highest BCUT2D eigenvalue weighted by Crippen LogP contribution is 2.15. The van der Waals surface area contributed by atoms with E-state index in [0.717, 1.165) is 6.42 Å². The van der Waals surface area contributed by atoms with Crippen LogP contribution in [0.1, 0.15) is 29.3 Å². The molecule has 1 aromatic rings. The highest BCUT2D eigenvalue weighted by Gasteiger charge is 2.11. The number of rotatable bonds is 4. The molecule has 0 fully saturated rings. The molecule has 0 unspecified atom stereocenters. The van der Waals surface area contributed by atoms with Gasteiger partial charge in [-0.05, 0) is 31.0 Å². The lowest BCUT2D eigenvalue weighted by atomic mass is 10.1. The molecule has 5 nitrogen and oxygen atoms in total. The van der Waals surface area contributed by atoms with Gasteiger partial charge in [-0.3, -0.25) is 0 Å². The number of nitrogens with one attached hydrogen (secondary N) is 1. The van der Waals surface area contributed by atoms with Crippen LogP contribution in [0.5, 0.6) is 0 Å². The van der Waals surface area contributed by atoms with E-state index in [-0.39, 0.29) is 11.6 Å². The molecule has 0 bridgehead atoms. The molecule has 0 aliphatic rings. The number of amides is 2. The molecule has 0 aliphatic carbocycles. The van der Waals surface area contributed by atoms with E-state index in [4.69, 9.17) is 5.11 Å². The maximum atomic E-state index is 11.7. The van der Waals surface area contributed by atoms with Crippen molar-refractivity contribution in [1.82, 2.24) is 4.90 Å². The van der Waals surface area contributed by atoms with Gasteiger partial charge in [0.2, 0.25) is 0 Å². The normalized spacial score (nSPS) is 9.94. The number of aryl methyl sites for hydroxylation is 1. The zero-order valence-electron chi connectivity index (χ0n) is 10.9. The van der Waals surface area contributed by atoms with Crippen LogP contribution in [0.25, 0.3) is 0 Å². The third-order valence-corrected chi connectivity index (χ3v) is 2.62. The van der Waals surface area contributed by atoms with Gasteiger partial charge in [0.05, 0.1) is 5.56 Å². The second kappa shape index (κ2) is 6.05. The van der Waals surface area contributed by atoms with Crippen LogP contribution in [0.15, 0.2) is 18.2 Å². The van der Waals surface area contributed by atoms with Gasteiger partial charge in [0.1, 0.15) is 0 Å². The molecule has 2 N–H and O–H groups in total. The van der Waals surface area contributed by atoms with Crippen LogP contribution in [0.3, 0.4) is 0 Å². The Kier molecular flexibility index (Phi) is 4.71. The number of urea groups is 1. The number of anilines is 1. The number of hydrogen-bond acceptors (Lipinski definition) is 2. The summed E-state index contributed by atoms with van der Waals surface area (Å²) < 4.78 is 0. The van der Waals surface area contributed by atoms with Crippen molar-refractivity contribution in [2.45, 2.75) is 20.3 Å². The standard InChI is InChI=1S/C13H18N2O3/c1-4-7-15(3)13(18)14-10-6-5-9(2)11(8-10)12(16)17/h5-6,8H,4,7H2,1-3H3,(H,14,18)(H,16,17). The number of benzene rings is 1. The molecule has 0 aromatic heterocycles. The molecule has 0 saturated heterocycles. The van der Waals surface area contributed by atoms with Crippen molar-refractivity contribution in [2.24, 2.45) is 0 Å². The predicted octanol–water partition coefficient (Wildman–Crippen LogP) is 2.57. The molecule has 1 rings (SSSR count). The summed E-state index contributed by atoms with van der Waals surface area (Å²) in [6, 6.07) is 4.60. The highest BCUT2D eigenvalue weighted by atomic mass is 16.4. The minimum absolute atomic E-state index is 0.200. The van der Waals surface area contributed by atoms with Crippen molar-refractivity contribution in [3.63, 3.8) is 0 Å². The molecular weight excluding hydrogens is 232 g/mol. The zero-order chi connectivity index (χ0) is 13.7. The van der Waals surface area contributed by atoms with Crippen molar-refractivity contribution < 1.29 is 14.7 Å². The van der Waals surface area contributed by atoms with E-state index < -0.39 is 5.97 Å². The van der Waals surface area contributed by atoms with Gasteiger partial charge in [-0.2, -0.15) is 0 Å². The van der Waals surface area contributed by atoms with Gasteiger partial charge in [0, 0.05) is 19.3 Å². The third-order valence-electron chi connectivity index (χ3n) is 2.62. The molecule has 2 amide bonds. The number of carboxylic acid groups (broad SMARTS) is 1. The topological polar surface area (TPSA) is 69.6 Å². The van der Waals surface area contributed by atoms with Crippen LogP contribution in [0, 0.1) is 6.92 Å². The van der Waals surface area contributed by atoms with Gasteiger partial charge in [-0.25, -0.2) is 9.59 Å². The number of nitrogens with zero attached hydrogens (tertiary/aromatic N) is 1. The first-order valence-electron chi connectivity index (χ1n) is 5.81. The van der Waals surface area contributed by atoms with Gasteiger partial charge < -0.3 is 15.3 Å². The van der Waals surface area contributed by atoms with Crippen LogP contribution in [-0.2, 0) is 0 Å². The van der Waals surface area contributed by atoms with Crippen molar-refractivity contribution in [3.8, 4) is 0 Å². The third kappa shape index (κ3) is 3.48.